The number of rotatable bonds is 6. The van der Waals surface area contributed by atoms with E-state index < -0.39 is 0 Å². The molecule has 6 nitrogen and oxygen atoms in total. The second-order valence-corrected chi connectivity index (χ2v) is 7.46. The van der Waals surface area contributed by atoms with Gasteiger partial charge in [-0.2, -0.15) is 0 Å². The van der Waals surface area contributed by atoms with Crippen LogP contribution < -0.4 is 5.32 Å². The summed E-state index contributed by atoms with van der Waals surface area (Å²) in [5.74, 6) is 0.798. The Hall–Kier alpha value is -2.13. The Morgan fingerprint density at radius 2 is 1.90 bits per heavy atom. The highest BCUT2D eigenvalue weighted by atomic mass is 127. The summed E-state index contributed by atoms with van der Waals surface area (Å²) in [6, 6.07) is 18.4. The first kappa shape index (κ1) is 25.1. The monoisotopic (exact) mass is 536 g/mol. The Morgan fingerprint density at radius 3 is 2.58 bits per heavy atom. The van der Waals surface area contributed by atoms with Crippen molar-refractivity contribution in [2.75, 3.05) is 39.8 Å². The van der Waals surface area contributed by atoms with E-state index in [0.29, 0.717) is 26.2 Å². The van der Waals surface area contributed by atoms with E-state index in [1.165, 1.54) is 11.1 Å². The van der Waals surface area contributed by atoms with E-state index in [9.17, 15) is 4.79 Å². The van der Waals surface area contributed by atoms with Crippen molar-refractivity contribution in [2.45, 2.75) is 26.5 Å². The highest BCUT2D eigenvalue weighted by Crippen LogP contribution is 2.24. The Kier molecular flexibility index (Phi) is 10.3. The van der Waals surface area contributed by atoms with Crippen LogP contribution in [-0.4, -0.2) is 61.5 Å². The summed E-state index contributed by atoms with van der Waals surface area (Å²) >= 11 is 0. The summed E-state index contributed by atoms with van der Waals surface area (Å²) in [6.07, 6.45) is -0.000535. The third-order valence-electron chi connectivity index (χ3n) is 5.46. The summed E-state index contributed by atoms with van der Waals surface area (Å²) in [7, 11) is 1.76. The van der Waals surface area contributed by atoms with Crippen LogP contribution in [0.1, 0.15) is 29.7 Å². The molecule has 0 spiro atoms. The molecule has 2 aromatic carbocycles. The van der Waals surface area contributed by atoms with Crippen molar-refractivity contribution in [1.82, 2.24) is 15.1 Å². The molecule has 1 N–H and O–H groups in total. The molecule has 1 amide bonds. The average Bonchev–Trinajstić information content (AvgIpc) is 2.79. The number of benzene rings is 2. The SMILES string of the molecule is CCN(Cc1ccccc1)C(=O)CNC(=NC)N1CCOC(c2ccccc2C)C1.I. The van der Waals surface area contributed by atoms with E-state index in [0.717, 1.165) is 18.1 Å². The number of nitrogens with one attached hydrogen (secondary N) is 1. The van der Waals surface area contributed by atoms with Crippen molar-refractivity contribution in [3.8, 4) is 0 Å². The first-order valence-corrected chi connectivity index (χ1v) is 10.6. The van der Waals surface area contributed by atoms with Gasteiger partial charge >= 0.3 is 0 Å². The van der Waals surface area contributed by atoms with Crippen LogP contribution >= 0.6 is 24.0 Å². The molecule has 0 aromatic heterocycles. The van der Waals surface area contributed by atoms with Gasteiger partial charge < -0.3 is 19.9 Å². The normalized spacial score (nSPS) is 16.4. The molecular formula is C24H33IN4O2. The molecule has 1 aliphatic rings. The number of hydrogen-bond acceptors (Lipinski definition) is 3. The van der Waals surface area contributed by atoms with Crippen molar-refractivity contribution in [3.05, 3.63) is 71.3 Å². The Labute approximate surface area is 202 Å². The van der Waals surface area contributed by atoms with Crippen LogP contribution in [0, 0.1) is 6.92 Å². The summed E-state index contributed by atoms with van der Waals surface area (Å²) in [5, 5.41) is 3.26. The lowest BCUT2D eigenvalue weighted by Gasteiger charge is -2.36. The highest BCUT2D eigenvalue weighted by Gasteiger charge is 2.25. The molecule has 1 heterocycles. The predicted molar refractivity (Wildman–Crippen MR) is 136 cm³/mol. The summed E-state index contributed by atoms with van der Waals surface area (Å²) in [4.78, 5) is 21.2. The van der Waals surface area contributed by atoms with Gasteiger partial charge in [0.05, 0.1) is 19.7 Å². The molecule has 0 bridgehead atoms. The Bertz CT molecular complexity index is 860. The minimum Gasteiger partial charge on any atom is -0.370 e. The lowest BCUT2D eigenvalue weighted by molar-refractivity contribution is -0.130. The van der Waals surface area contributed by atoms with Gasteiger partial charge in [0.15, 0.2) is 5.96 Å². The van der Waals surface area contributed by atoms with Crippen molar-refractivity contribution in [1.29, 1.82) is 0 Å². The fourth-order valence-corrected chi connectivity index (χ4v) is 3.76. The number of carbonyl (C=O) groups excluding carboxylic acids is 1. The van der Waals surface area contributed by atoms with Gasteiger partial charge in [-0.3, -0.25) is 9.79 Å². The van der Waals surface area contributed by atoms with E-state index in [-0.39, 0.29) is 42.5 Å². The molecule has 1 aliphatic heterocycles. The molecule has 0 radical (unpaired) electrons. The fourth-order valence-electron chi connectivity index (χ4n) is 3.76. The van der Waals surface area contributed by atoms with Gasteiger partial charge in [-0.1, -0.05) is 54.6 Å². The molecule has 1 fully saturated rings. The summed E-state index contributed by atoms with van der Waals surface area (Å²) < 4.78 is 6.02. The van der Waals surface area contributed by atoms with Crippen molar-refractivity contribution in [3.63, 3.8) is 0 Å². The highest BCUT2D eigenvalue weighted by molar-refractivity contribution is 14.0. The van der Waals surface area contributed by atoms with Crippen LogP contribution in [-0.2, 0) is 16.1 Å². The van der Waals surface area contributed by atoms with Crippen molar-refractivity contribution < 1.29 is 9.53 Å². The van der Waals surface area contributed by atoms with Gasteiger partial charge in [0.25, 0.3) is 0 Å². The predicted octanol–water partition coefficient (Wildman–Crippen LogP) is 3.61. The van der Waals surface area contributed by atoms with Crippen LogP contribution in [0.4, 0.5) is 0 Å². The van der Waals surface area contributed by atoms with E-state index in [4.69, 9.17) is 4.74 Å². The Morgan fingerprint density at radius 1 is 1.19 bits per heavy atom. The lowest BCUT2D eigenvalue weighted by Crippen LogP contribution is -2.50. The number of nitrogens with zero attached hydrogens (tertiary/aromatic N) is 3. The maximum absolute atomic E-state index is 12.8. The number of hydrogen-bond donors (Lipinski definition) is 1. The number of guanidine groups is 1. The van der Waals surface area contributed by atoms with Gasteiger partial charge in [0.1, 0.15) is 6.10 Å². The topological polar surface area (TPSA) is 57.2 Å². The lowest BCUT2D eigenvalue weighted by atomic mass is 10.0. The first-order chi connectivity index (χ1) is 14.6. The molecule has 1 saturated heterocycles. The fraction of sp³-hybridized carbons (Fsp3) is 0.417. The molecule has 2 aromatic rings. The number of likely N-dealkylation sites (N-methyl/N-ethyl adjacent to an activating group) is 1. The second-order valence-electron chi connectivity index (χ2n) is 7.46. The van der Waals surface area contributed by atoms with Crippen molar-refractivity contribution >= 4 is 35.8 Å². The van der Waals surface area contributed by atoms with Crippen LogP contribution in [0.2, 0.25) is 0 Å². The number of halogens is 1. The van der Waals surface area contributed by atoms with E-state index in [1.54, 1.807) is 7.05 Å². The molecule has 168 valence electrons. The minimum absolute atomic E-state index is 0. The van der Waals surface area contributed by atoms with Crippen LogP contribution in [0.5, 0.6) is 0 Å². The van der Waals surface area contributed by atoms with E-state index >= 15 is 0 Å². The maximum atomic E-state index is 12.8. The van der Waals surface area contributed by atoms with Gasteiger partial charge in [-0.05, 0) is 30.5 Å². The van der Waals surface area contributed by atoms with Crippen LogP contribution in [0.3, 0.4) is 0 Å². The third kappa shape index (κ3) is 6.93. The summed E-state index contributed by atoms with van der Waals surface area (Å²) in [5.41, 5.74) is 3.56. The zero-order chi connectivity index (χ0) is 21.3. The third-order valence-corrected chi connectivity index (χ3v) is 5.46. The van der Waals surface area contributed by atoms with Gasteiger partial charge in [-0.15, -0.1) is 24.0 Å². The zero-order valence-corrected chi connectivity index (χ0v) is 20.9. The number of aliphatic imine (C=N–C) groups is 1. The largest absolute Gasteiger partial charge is 0.370 e. The first-order valence-electron chi connectivity index (χ1n) is 10.6. The zero-order valence-electron chi connectivity index (χ0n) is 18.6. The molecule has 3 rings (SSSR count). The maximum Gasteiger partial charge on any atom is 0.242 e. The van der Waals surface area contributed by atoms with Gasteiger partial charge in [-0.25, -0.2) is 0 Å². The number of aryl methyl sites for hydroxylation is 1. The Balaban J connectivity index is 0.00000341. The number of morpholine rings is 1. The standard InChI is InChI=1S/C24H32N4O2.HI/c1-4-27(17-20-11-6-5-7-12-20)23(29)16-26-24(25-3)28-14-15-30-22(18-28)21-13-9-8-10-19(21)2;/h5-13,22H,4,14-18H2,1-3H3,(H,25,26);1H. The number of carbonyl (C=O) groups is 1. The van der Waals surface area contributed by atoms with Gasteiger partial charge in [0, 0.05) is 26.7 Å². The molecule has 1 atom stereocenters. The molecular weight excluding hydrogens is 503 g/mol. The number of amides is 1. The van der Waals surface area contributed by atoms with Crippen molar-refractivity contribution in [2.24, 2.45) is 4.99 Å². The molecule has 1 unspecified atom stereocenters. The van der Waals surface area contributed by atoms with Crippen LogP contribution in [0.25, 0.3) is 0 Å². The van der Waals surface area contributed by atoms with E-state index in [2.05, 4.69) is 34.3 Å². The van der Waals surface area contributed by atoms with E-state index in [1.807, 2.05) is 54.3 Å². The smallest absolute Gasteiger partial charge is 0.242 e. The molecule has 0 saturated carbocycles. The second kappa shape index (κ2) is 12.7. The average molecular weight is 536 g/mol. The molecule has 0 aliphatic carbocycles. The molecule has 7 heteroatoms. The quantitative estimate of drug-likeness (QED) is 0.348. The molecule has 31 heavy (non-hydrogen) atoms. The van der Waals surface area contributed by atoms with Crippen LogP contribution in [0.15, 0.2) is 59.6 Å². The number of ether oxygens (including phenoxy) is 1. The minimum atomic E-state index is -0.000535. The van der Waals surface area contributed by atoms with Gasteiger partial charge in [0.2, 0.25) is 5.91 Å². The summed E-state index contributed by atoms with van der Waals surface area (Å²) in [6.45, 7) is 7.70.